The summed E-state index contributed by atoms with van der Waals surface area (Å²) in [5.74, 6) is 1.83. The second-order valence-electron chi connectivity index (χ2n) is 8.91. The molecular formula is C18H34N2. The molecule has 3 fully saturated rings. The van der Waals surface area contributed by atoms with Crippen molar-refractivity contribution < 1.29 is 0 Å². The van der Waals surface area contributed by atoms with Gasteiger partial charge in [0.1, 0.15) is 0 Å². The molecule has 20 heavy (non-hydrogen) atoms. The highest BCUT2D eigenvalue weighted by atomic mass is 15.2. The second-order valence-corrected chi connectivity index (χ2v) is 8.91. The molecule has 2 heterocycles. The van der Waals surface area contributed by atoms with Crippen LogP contribution in [0.2, 0.25) is 0 Å². The first-order valence-corrected chi connectivity index (χ1v) is 8.88. The molecule has 1 aliphatic carbocycles. The van der Waals surface area contributed by atoms with E-state index in [0.717, 1.165) is 30.0 Å². The number of nitrogens with zero attached hydrogens (tertiary/aromatic N) is 1. The third-order valence-corrected chi connectivity index (χ3v) is 6.28. The Labute approximate surface area is 125 Å². The lowest BCUT2D eigenvalue weighted by Crippen LogP contribution is -2.46. The second kappa shape index (κ2) is 5.61. The minimum absolute atomic E-state index is 0.543. The van der Waals surface area contributed by atoms with Crippen LogP contribution in [-0.2, 0) is 0 Å². The maximum absolute atomic E-state index is 3.94. The van der Waals surface area contributed by atoms with E-state index in [1.807, 2.05) is 0 Å². The summed E-state index contributed by atoms with van der Waals surface area (Å²) in [6, 6.07) is 2.55. The zero-order valence-electron chi connectivity index (χ0n) is 14.0. The van der Waals surface area contributed by atoms with E-state index < -0.39 is 0 Å². The standard InChI is InChI=1S/C18H34N2/c1-13-7-15(11-18(2,3)10-13)19-12-14-8-16-5-6-17(9-14)20(16)4/h13-17,19H,5-12H2,1-4H3. The van der Waals surface area contributed by atoms with Gasteiger partial charge in [0.15, 0.2) is 0 Å². The van der Waals surface area contributed by atoms with E-state index >= 15 is 0 Å². The van der Waals surface area contributed by atoms with Crippen LogP contribution >= 0.6 is 0 Å². The molecular weight excluding hydrogens is 244 g/mol. The van der Waals surface area contributed by atoms with Crippen molar-refractivity contribution >= 4 is 0 Å². The number of rotatable bonds is 3. The normalized spacial score (nSPS) is 44.7. The van der Waals surface area contributed by atoms with Crippen LogP contribution in [0.3, 0.4) is 0 Å². The van der Waals surface area contributed by atoms with Gasteiger partial charge in [-0.3, -0.25) is 0 Å². The van der Waals surface area contributed by atoms with Crippen molar-refractivity contribution in [1.82, 2.24) is 10.2 Å². The molecule has 0 aromatic rings. The monoisotopic (exact) mass is 278 g/mol. The zero-order valence-corrected chi connectivity index (χ0v) is 14.0. The minimum atomic E-state index is 0.543. The van der Waals surface area contributed by atoms with Gasteiger partial charge >= 0.3 is 0 Å². The average Bonchev–Trinajstić information content (AvgIpc) is 2.59. The third kappa shape index (κ3) is 3.22. The topological polar surface area (TPSA) is 15.3 Å². The Bertz CT molecular complexity index is 324. The molecule has 2 bridgehead atoms. The van der Waals surface area contributed by atoms with Gasteiger partial charge in [0.2, 0.25) is 0 Å². The smallest absolute Gasteiger partial charge is 0.00988 e. The summed E-state index contributed by atoms with van der Waals surface area (Å²) in [7, 11) is 2.34. The van der Waals surface area contributed by atoms with E-state index in [0.29, 0.717) is 5.41 Å². The fourth-order valence-corrected chi connectivity index (χ4v) is 5.53. The van der Waals surface area contributed by atoms with E-state index in [9.17, 15) is 0 Å². The van der Waals surface area contributed by atoms with E-state index in [-0.39, 0.29) is 0 Å². The number of hydrogen-bond donors (Lipinski definition) is 1. The lowest BCUT2D eigenvalue weighted by molar-refractivity contribution is 0.117. The number of nitrogens with one attached hydrogen (secondary N) is 1. The zero-order chi connectivity index (χ0) is 14.3. The third-order valence-electron chi connectivity index (χ3n) is 6.28. The molecule has 1 saturated carbocycles. The maximum atomic E-state index is 3.94. The molecule has 2 saturated heterocycles. The van der Waals surface area contributed by atoms with Crippen LogP contribution in [0.5, 0.6) is 0 Å². The molecule has 4 unspecified atom stereocenters. The van der Waals surface area contributed by atoms with E-state index in [1.165, 1.54) is 51.5 Å². The summed E-state index contributed by atoms with van der Waals surface area (Å²) in [6.07, 6.45) is 9.94. The Morgan fingerprint density at radius 1 is 1.05 bits per heavy atom. The molecule has 2 heteroatoms. The van der Waals surface area contributed by atoms with Crippen molar-refractivity contribution in [3.05, 3.63) is 0 Å². The van der Waals surface area contributed by atoms with Crippen LogP contribution in [0.1, 0.15) is 65.7 Å². The van der Waals surface area contributed by atoms with Gasteiger partial charge in [0, 0.05) is 18.1 Å². The number of fused-ring (bicyclic) bond motifs is 2. The molecule has 2 aliphatic heterocycles. The Balaban J connectivity index is 1.48. The van der Waals surface area contributed by atoms with Crippen LogP contribution in [0, 0.1) is 17.3 Å². The molecule has 2 nitrogen and oxygen atoms in total. The van der Waals surface area contributed by atoms with Gasteiger partial charge in [-0.15, -0.1) is 0 Å². The van der Waals surface area contributed by atoms with E-state index in [4.69, 9.17) is 0 Å². The highest BCUT2D eigenvalue weighted by molar-refractivity contribution is 4.94. The van der Waals surface area contributed by atoms with Gasteiger partial charge in [-0.2, -0.15) is 0 Å². The minimum Gasteiger partial charge on any atom is -0.314 e. The molecule has 1 N–H and O–H groups in total. The maximum Gasteiger partial charge on any atom is 0.00988 e. The lowest BCUT2D eigenvalue weighted by Gasteiger charge is -2.41. The summed E-state index contributed by atoms with van der Waals surface area (Å²) in [6.45, 7) is 8.61. The molecule has 0 aromatic heterocycles. The summed E-state index contributed by atoms with van der Waals surface area (Å²) >= 11 is 0. The van der Waals surface area contributed by atoms with Gasteiger partial charge in [0.25, 0.3) is 0 Å². The molecule has 4 atom stereocenters. The Morgan fingerprint density at radius 3 is 2.30 bits per heavy atom. The van der Waals surface area contributed by atoms with Gasteiger partial charge in [0.05, 0.1) is 0 Å². The predicted molar refractivity (Wildman–Crippen MR) is 85.9 cm³/mol. The van der Waals surface area contributed by atoms with Gasteiger partial charge in [-0.25, -0.2) is 0 Å². The van der Waals surface area contributed by atoms with Crippen LogP contribution in [-0.4, -0.2) is 36.6 Å². The molecule has 0 aromatic carbocycles. The highest BCUT2D eigenvalue weighted by Crippen LogP contribution is 2.40. The van der Waals surface area contributed by atoms with Crippen LogP contribution in [0.4, 0.5) is 0 Å². The quantitative estimate of drug-likeness (QED) is 0.847. The van der Waals surface area contributed by atoms with Gasteiger partial charge in [-0.1, -0.05) is 20.8 Å². The van der Waals surface area contributed by atoms with Crippen LogP contribution < -0.4 is 5.32 Å². The highest BCUT2D eigenvalue weighted by Gasteiger charge is 2.38. The summed E-state index contributed by atoms with van der Waals surface area (Å²) in [5, 5.41) is 3.94. The summed E-state index contributed by atoms with van der Waals surface area (Å²) in [4.78, 5) is 2.66. The summed E-state index contributed by atoms with van der Waals surface area (Å²) < 4.78 is 0. The van der Waals surface area contributed by atoms with Gasteiger partial charge < -0.3 is 10.2 Å². The fraction of sp³-hybridized carbons (Fsp3) is 1.00. The SMILES string of the molecule is CC1CC(NCC2CC3CCC(C2)N3C)CC(C)(C)C1. The van der Waals surface area contributed by atoms with Crippen molar-refractivity contribution in [2.75, 3.05) is 13.6 Å². The van der Waals surface area contributed by atoms with Crippen molar-refractivity contribution in [2.24, 2.45) is 17.3 Å². The predicted octanol–water partition coefficient (Wildman–Crippen LogP) is 3.66. The molecule has 0 spiro atoms. The van der Waals surface area contributed by atoms with Crippen molar-refractivity contribution in [1.29, 1.82) is 0 Å². The van der Waals surface area contributed by atoms with Crippen LogP contribution in [0.25, 0.3) is 0 Å². The Morgan fingerprint density at radius 2 is 1.70 bits per heavy atom. The van der Waals surface area contributed by atoms with Crippen molar-refractivity contribution in [2.45, 2.75) is 83.8 Å². The number of hydrogen-bond acceptors (Lipinski definition) is 2. The van der Waals surface area contributed by atoms with E-state index in [2.05, 4.69) is 38.0 Å². The van der Waals surface area contributed by atoms with Gasteiger partial charge in [-0.05, 0) is 75.8 Å². The molecule has 3 aliphatic rings. The van der Waals surface area contributed by atoms with Crippen LogP contribution in [0.15, 0.2) is 0 Å². The number of piperidine rings is 1. The molecule has 0 radical (unpaired) electrons. The van der Waals surface area contributed by atoms with Crippen molar-refractivity contribution in [3.63, 3.8) is 0 Å². The fourth-order valence-electron chi connectivity index (χ4n) is 5.53. The molecule has 3 rings (SSSR count). The molecule has 0 amide bonds. The first-order chi connectivity index (χ1) is 9.43. The first-order valence-electron chi connectivity index (χ1n) is 8.88. The largest absolute Gasteiger partial charge is 0.314 e. The van der Waals surface area contributed by atoms with E-state index in [1.54, 1.807) is 0 Å². The Kier molecular flexibility index (Phi) is 4.16. The Hall–Kier alpha value is -0.0800. The van der Waals surface area contributed by atoms with Crippen molar-refractivity contribution in [3.8, 4) is 0 Å². The summed E-state index contributed by atoms with van der Waals surface area (Å²) in [5.41, 5.74) is 0.543. The molecule has 116 valence electrons. The average molecular weight is 278 g/mol. The lowest BCUT2D eigenvalue weighted by atomic mass is 9.70. The first kappa shape index (κ1) is 14.8.